The van der Waals surface area contributed by atoms with Gasteiger partial charge in [0.25, 0.3) is 0 Å². The van der Waals surface area contributed by atoms with Crippen molar-refractivity contribution in [2.75, 3.05) is 0 Å². The van der Waals surface area contributed by atoms with Gasteiger partial charge in [-0.15, -0.1) is 0 Å². The smallest absolute Gasteiger partial charge is 0.0924 e. The van der Waals surface area contributed by atoms with Gasteiger partial charge < -0.3 is 0 Å². The van der Waals surface area contributed by atoms with E-state index in [1.54, 1.807) is 0 Å². The number of aliphatic imine (C=N–C) groups is 2. The summed E-state index contributed by atoms with van der Waals surface area (Å²) in [5.74, 6) is 0. The zero-order chi connectivity index (χ0) is 20.1. The molecule has 0 bridgehead atoms. The number of allylic oxidation sites excluding steroid dienone is 8. The van der Waals surface area contributed by atoms with E-state index < -0.39 is 0 Å². The first-order valence-electron chi connectivity index (χ1n) is 9.76. The third-order valence-corrected chi connectivity index (χ3v) is 5.42. The molecule has 1 atom stereocenters. The first kappa shape index (κ1) is 19.8. The van der Waals surface area contributed by atoms with Crippen LogP contribution < -0.4 is 0 Å². The third-order valence-electron chi connectivity index (χ3n) is 5.42. The minimum absolute atomic E-state index is 0.195. The summed E-state index contributed by atoms with van der Waals surface area (Å²) in [6.45, 7) is 12.8. The summed E-state index contributed by atoms with van der Waals surface area (Å²) in [4.78, 5) is 9.55. The molecular weight excluding hydrogens is 340 g/mol. The molecule has 0 fully saturated rings. The Morgan fingerprint density at radius 1 is 1.21 bits per heavy atom. The van der Waals surface area contributed by atoms with Gasteiger partial charge in [-0.25, -0.2) is 0 Å². The number of nitrogens with zero attached hydrogens (tertiary/aromatic N) is 2. The van der Waals surface area contributed by atoms with Crippen LogP contribution in [-0.2, 0) is 0 Å². The molecule has 0 saturated carbocycles. The van der Waals surface area contributed by atoms with E-state index in [-0.39, 0.29) is 5.41 Å². The highest BCUT2D eigenvalue weighted by molar-refractivity contribution is 5.86. The lowest BCUT2D eigenvalue weighted by atomic mass is 9.68. The molecular formula is C26H28N2. The molecule has 1 aromatic carbocycles. The predicted molar refractivity (Wildman–Crippen MR) is 123 cm³/mol. The molecule has 0 saturated heterocycles. The van der Waals surface area contributed by atoms with Gasteiger partial charge in [-0.1, -0.05) is 61.2 Å². The molecule has 0 radical (unpaired) electrons. The van der Waals surface area contributed by atoms with Crippen LogP contribution >= 0.6 is 0 Å². The van der Waals surface area contributed by atoms with Gasteiger partial charge in [-0.2, -0.15) is 0 Å². The van der Waals surface area contributed by atoms with Gasteiger partial charge in [0.1, 0.15) is 0 Å². The average molecular weight is 369 g/mol. The quantitative estimate of drug-likeness (QED) is 0.400. The second kappa shape index (κ2) is 8.35. The maximum absolute atomic E-state index is 4.80. The second-order valence-corrected chi connectivity index (χ2v) is 7.32. The van der Waals surface area contributed by atoms with Crippen LogP contribution in [0.25, 0.3) is 5.57 Å². The largest absolute Gasteiger partial charge is 0.259 e. The van der Waals surface area contributed by atoms with Crippen LogP contribution in [0.5, 0.6) is 0 Å². The molecule has 28 heavy (non-hydrogen) atoms. The molecule has 0 amide bonds. The Kier molecular flexibility index (Phi) is 5.89. The van der Waals surface area contributed by atoms with Crippen LogP contribution in [0, 0.1) is 5.41 Å². The molecule has 0 aromatic heterocycles. The van der Waals surface area contributed by atoms with Crippen molar-refractivity contribution in [1.82, 2.24) is 0 Å². The van der Waals surface area contributed by atoms with Crippen molar-refractivity contribution in [3.05, 3.63) is 101 Å². The Balaban J connectivity index is 2.11. The van der Waals surface area contributed by atoms with Crippen LogP contribution in [0.4, 0.5) is 0 Å². The second-order valence-electron chi connectivity index (χ2n) is 7.32. The van der Waals surface area contributed by atoms with Crippen molar-refractivity contribution in [3.8, 4) is 0 Å². The fourth-order valence-electron chi connectivity index (χ4n) is 3.92. The zero-order valence-corrected chi connectivity index (χ0v) is 17.2. The third kappa shape index (κ3) is 3.55. The van der Waals surface area contributed by atoms with Crippen LogP contribution in [-0.4, -0.2) is 12.4 Å². The first-order chi connectivity index (χ1) is 13.5. The molecule has 2 nitrogen and oxygen atoms in total. The maximum Gasteiger partial charge on any atom is 0.0924 e. The van der Waals surface area contributed by atoms with Gasteiger partial charge in [0.2, 0.25) is 0 Å². The van der Waals surface area contributed by atoms with Crippen LogP contribution in [0.1, 0.15) is 39.7 Å². The normalized spacial score (nSPS) is 22.5. The molecule has 1 aliphatic carbocycles. The summed E-state index contributed by atoms with van der Waals surface area (Å²) in [5, 5.41) is 0. The zero-order valence-electron chi connectivity index (χ0n) is 17.2. The molecule has 2 heteroatoms. The lowest BCUT2D eigenvalue weighted by Crippen LogP contribution is -2.28. The predicted octanol–water partition coefficient (Wildman–Crippen LogP) is 6.87. The minimum Gasteiger partial charge on any atom is -0.259 e. The van der Waals surface area contributed by atoms with Gasteiger partial charge in [0, 0.05) is 23.4 Å². The molecule has 1 heterocycles. The number of fused-ring (bicyclic) bond motifs is 1. The summed E-state index contributed by atoms with van der Waals surface area (Å²) in [6, 6.07) is 10.3. The van der Waals surface area contributed by atoms with Crippen molar-refractivity contribution in [3.63, 3.8) is 0 Å². The average Bonchev–Trinajstić information content (AvgIpc) is 2.72. The van der Waals surface area contributed by atoms with Gasteiger partial charge in [-0.05, 0) is 62.5 Å². The fourth-order valence-corrected chi connectivity index (χ4v) is 3.92. The van der Waals surface area contributed by atoms with Gasteiger partial charge in [0.15, 0.2) is 0 Å². The SMILES string of the molecule is C=C(C1=CCC2(C)C(/C(C)=C/C=C\C)=CC=NC2=C1/N=C\C)c1ccccc1. The number of hydrogen-bond acceptors (Lipinski definition) is 2. The van der Waals surface area contributed by atoms with E-state index in [1.807, 2.05) is 44.5 Å². The number of hydrogen-bond donors (Lipinski definition) is 0. The standard InChI is InChI=1S/C26H28N2/c1-6-8-12-19(3)23-16-18-28-25-24(27-7-2)22(15-17-26(23,25)5)20(4)21-13-10-9-11-14-21/h6-16,18H,4,17H2,1-3,5H3/b8-6-,19-12+,27-7-. The van der Waals surface area contributed by atoms with E-state index in [0.29, 0.717) is 0 Å². The number of rotatable bonds is 5. The van der Waals surface area contributed by atoms with Gasteiger partial charge in [0.05, 0.1) is 11.4 Å². The van der Waals surface area contributed by atoms with E-state index >= 15 is 0 Å². The Bertz CT molecular complexity index is 979. The molecule has 0 N–H and O–H groups in total. The highest BCUT2D eigenvalue weighted by Gasteiger charge is 2.40. The van der Waals surface area contributed by atoms with E-state index in [0.717, 1.165) is 34.5 Å². The van der Waals surface area contributed by atoms with Crippen LogP contribution in [0.15, 0.2) is 105 Å². The van der Waals surface area contributed by atoms with Crippen molar-refractivity contribution in [2.24, 2.45) is 15.4 Å². The highest BCUT2D eigenvalue weighted by atomic mass is 14.9. The summed E-state index contributed by atoms with van der Waals surface area (Å²) in [6.07, 6.45) is 15.3. The monoisotopic (exact) mass is 368 g/mol. The fraction of sp³-hybridized carbons (Fsp3) is 0.231. The Hall–Kier alpha value is -3.00. The van der Waals surface area contributed by atoms with E-state index in [4.69, 9.17) is 9.98 Å². The summed E-state index contributed by atoms with van der Waals surface area (Å²) < 4.78 is 0. The van der Waals surface area contributed by atoms with Crippen LogP contribution in [0.2, 0.25) is 0 Å². The molecule has 1 unspecified atom stereocenters. The van der Waals surface area contributed by atoms with E-state index in [2.05, 4.69) is 62.9 Å². The lowest BCUT2D eigenvalue weighted by molar-refractivity contribution is 0.471. The minimum atomic E-state index is -0.195. The Morgan fingerprint density at radius 3 is 2.64 bits per heavy atom. The van der Waals surface area contributed by atoms with Crippen molar-refractivity contribution < 1.29 is 0 Å². The number of benzene rings is 1. The molecule has 3 rings (SSSR count). The molecule has 2 aliphatic rings. The topological polar surface area (TPSA) is 24.7 Å². The number of dihydropyridines is 1. The van der Waals surface area contributed by atoms with Crippen molar-refractivity contribution in [1.29, 1.82) is 0 Å². The van der Waals surface area contributed by atoms with Crippen LogP contribution in [0.3, 0.4) is 0 Å². The lowest BCUT2D eigenvalue weighted by Gasteiger charge is -2.39. The molecule has 0 spiro atoms. The van der Waals surface area contributed by atoms with Crippen molar-refractivity contribution >= 4 is 18.0 Å². The Labute approximate surface area is 168 Å². The maximum atomic E-state index is 4.80. The highest BCUT2D eigenvalue weighted by Crippen LogP contribution is 2.51. The molecule has 142 valence electrons. The van der Waals surface area contributed by atoms with Gasteiger partial charge in [-0.3, -0.25) is 9.98 Å². The molecule has 1 aliphatic heterocycles. The summed E-state index contributed by atoms with van der Waals surface area (Å²) in [7, 11) is 0. The summed E-state index contributed by atoms with van der Waals surface area (Å²) >= 11 is 0. The Morgan fingerprint density at radius 2 is 1.96 bits per heavy atom. The van der Waals surface area contributed by atoms with Gasteiger partial charge >= 0.3 is 0 Å². The van der Waals surface area contributed by atoms with Crippen molar-refractivity contribution in [2.45, 2.75) is 34.1 Å². The molecule has 1 aromatic rings. The summed E-state index contributed by atoms with van der Waals surface area (Å²) in [5.41, 5.74) is 7.47. The van der Waals surface area contributed by atoms with E-state index in [9.17, 15) is 0 Å². The van der Waals surface area contributed by atoms with E-state index in [1.165, 1.54) is 11.1 Å². The first-order valence-corrected chi connectivity index (χ1v) is 9.76.